The number of carbonyl (C=O) groups excluding carboxylic acids is 3. The van der Waals surface area contributed by atoms with Gasteiger partial charge in [0.2, 0.25) is 17.7 Å². The minimum absolute atomic E-state index is 0.0311. The molecule has 5 rings (SSSR count). The molecule has 3 amide bonds. The third kappa shape index (κ3) is 5.06. The van der Waals surface area contributed by atoms with Gasteiger partial charge in [-0.15, -0.1) is 0 Å². The number of piperazine rings is 1. The monoisotopic (exact) mass is 484 g/mol. The molecular formula is C25H36N6O4. The average Bonchev–Trinajstić information content (AvgIpc) is 3.25. The first-order chi connectivity index (χ1) is 17.0. The maximum atomic E-state index is 13.7. The number of amides is 3. The number of piperidine rings is 1. The molecule has 190 valence electrons. The number of benzene rings is 1. The van der Waals surface area contributed by atoms with Crippen molar-refractivity contribution in [1.82, 2.24) is 25.0 Å². The van der Waals surface area contributed by atoms with Crippen LogP contribution in [-0.2, 0) is 19.1 Å². The normalized spacial score (nSPS) is 28.3. The van der Waals surface area contributed by atoms with Gasteiger partial charge < -0.3 is 19.4 Å². The molecule has 0 spiro atoms. The van der Waals surface area contributed by atoms with E-state index in [-0.39, 0.29) is 35.6 Å². The Labute approximate surface area is 206 Å². The highest BCUT2D eigenvalue weighted by Crippen LogP contribution is 2.32. The highest BCUT2D eigenvalue weighted by Gasteiger charge is 2.51. The van der Waals surface area contributed by atoms with Crippen LogP contribution in [0.25, 0.3) is 0 Å². The van der Waals surface area contributed by atoms with E-state index in [9.17, 15) is 14.4 Å². The molecule has 4 heterocycles. The van der Waals surface area contributed by atoms with E-state index in [1.54, 1.807) is 5.01 Å². The van der Waals surface area contributed by atoms with Crippen molar-refractivity contribution in [3.05, 3.63) is 30.3 Å². The van der Waals surface area contributed by atoms with Crippen LogP contribution >= 0.6 is 0 Å². The molecule has 10 nitrogen and oxygen atoms in total. The van der Waals surface area contributed by atoms with Gasteiger partial charge in [-0.25, -0.2) is 10.4 Å². The molecule has 4 aliphatic heterocycles. The molecule has 4 aliphatic rings. The summed E-state index contributed by atoms with van der Waals surface area (Å²) in [5.74, 6) is -0.259. The second-order valence-electron chi connectivity index (χ2n) is 9.82. The van der Waals surface area contributed by atoms with Crippen LogP contribution in [0.3, 0.4) is 0 Å². The molecule has 0 bridgehead atoms. The Kier molecular flexibility index (Phi) is 7.33. The molecule has 1 N–H and O–H groups in total. The summed E-state index contributed by atoms with van der Waals surface area (Å²) in [5.41, 5.74) is 4.19. The molecular weight excluding hydrogens is 448 g/mol. The largest absolute Gasteiger partial charge is 0.378 e. The fourth-order valence-electron chi connectivity index (χ4n) is 5.66. The predicted octanol–water partition coefficient (Wildman–Crippen LogP) is -0.523. The van der Waals surface area contributed by atoms with Crippen molar-refractivity contribution in [2.75, 3.05) is 83.7 Å². The number of rotatable bonds is 5. The van der Waals surface area contributed by atoms with Crippen molar-refractivity contribution >= 4 is 23.4 Å². The maximum absolute atomic E-state index is 13.7. The zero-order valence-electron chi connectivity index (χ0n) is 20.5. The van der Waals surface area contributed by atoms with E-state index in [0.717, 1.165) is 12.2 Å². The van der Waals surface area contributed by atoms with Gasteiger partial charge >= 0.3 is 0 Å². The van der Waals surface area contributed by atoms with Gasteiger partial charge in [0.05, 0.1) is 43.3 Å². The zero-order valence-corrected chi connectivity index (χ0v) is 20.5. The van der Waals surface area contributed by atoms with Crippen LogP contribution in [0, 0.1) is 11.8 Å². The first-order valence-electron chi connectivity index (χ1n) is 12.8. The van der Waals surface area contributed by atoms with Crippen LogP contribution in [-0.4, -0.2) is 122 Å². The Morgan fingerprint density at radius 2 is 1.66 bits per heavy atom. The highest BCUT2D eigenvalue weighted by atomic mass is 16.5. The van der Waals surface area contributed by atoms with E-state index in [1.165, 1.54) is 0 Å². The number of fused-ring (bicyclic) bond motifs is 1. The molecule has 4 fully saturated rings. The first-order valence-corrected chi connectivity index (χ1v) is 12.8. The summed E-state index contributed by atoms with van der Waals surface area (Å²) in [7, 11) is 0. The summed E-state index contributed by atoms with van der Waals surface area (Å²) in [6.45, 7) is 9.67. The highest BCUT2D eigenvalue weighted by molar-refractivity contribution is 5.98. The summed E-state index contributed by atoms with van der Waals surface area (Å²) in [5, 5.41) is 1.63. The predicted molar refractivity (Wildman–Crippen MR) is 130 cm³/mol. The van der Waals surface area contributed by atoms with Crippen molar-refractivity contribution in [2.24, 2.45) is 11.8 Å². The fraction of sp³-hybridized carbons (Fsp3) is 0.640. The molecule has 35 heavy (non-hydrogen) atoms. The Hall–Kier alpha value is -2.53. The van der Waals surface area contributed by atoms with Gasteiger partial charge in [0, 0.05) is 52.4 Å². The summed E-state index contributed by atoms with van der Waals surface area (Å²) in [6, 6.07) is 9.37. The zero-order chi connectivity index (χ0) is 24.4. The van der Waals surface area contributed by atoms with Gasteiger partial charge in [-0.1, -0.05) is 25.1 Å². The van der Waals surface area contributed by atoms with E-state index in [1.807, 2.05) is 40.1 Å². The van der Waals surface area contributed by atoms with Crippen LogP contribution in [0.1, 0.15) is 6.92 Å². The molecule has 4 saturated heterocycles. The van der Waals surface area contributed by atoms with Crippen molar-refractivity contribution < 1.29 is 19.1 Å². The van der Waals surface area contributed by atoms with Gasteiger partial charge in [-0.3, -0.25) is 19.3 Å². The molecule has 10 heteroatoms. The second-order valence-corrected chi connectivity index (χ2v) is 9.82. The van der Waals surface area contributed by atoms with E-state index in [0.29, 0.717) is 72.1 Å². The van der Waals surface area contributed by atoms with Crippen LogP contribution in [0.15, 0.2) is 30.3 Å². The quantitative estimate of drug-likeness (QED) is 0.602. The Morgan fingerprint density at radius 1 is 0.943 bits per heavy atom. The van der Waals surface area contributed by atoms with Gasteiger partial charge in [-0.05, 0) is 18.7 Å². The summed E-state index contributed by atoms with van der Waals surface area (Å²) in [6.07, 6.45) is 0. The standard InChI is InChI=1S/C25H36N6O4/c1-2-27-16-20(23-21(17-27)25(34)31(26-23)19-6-4-3-5-7-19)24(33)30-10-8-28(9-11-30)18-22(32)29-12-14-35-15-13-29/h3-7,20-21,23,26H,2,8-18H2,1H3. The average molecular weight is 485 g/mol. The molecule has 0 radical (unpaired) electrons. The third-order valence-corrected chi connectivity index (χ3v) is 7.78. The maximum Gasteiger partial charge on any atom is 0.247 e. The summed E-state index contributed by atoms with van der Waals surface area (Å²) >= 11 is 0. The van der Waals surface area contributed by atoms with Gasteiger partial charge in [-0.2, -0.15) is 0 Å². The molecule has 3 atom stereocenters. The van der Waals surface area contributed by atoms with Gasteiger partial charge in [0.1, 0.15) is 0 Å². The van der Waals surface area contributed by atoms with Crippen LogP contribution in [0.2, 0.25) is 0 Å². The number of hydrazine groups is 1. The number of para-hydroxylation sites is 1. The molecule has 0 saturated carbocycles. The number of hydrogen-bond donors (Lipinski definition) is 1. The lowest BCUT2D eigenvalue weighted by atomic mass is 9.83. The van der Waals surface area contributed by atoms with Crippen molar-refractivity contribution in [1.29, 1.82) is 0 Å². The van der Waals surface area contributed by atoms with Crippen molar-refractivity contribution in [3.63, 3.8) is 0 Å². The number of ether oxygens (including phenoxy) is 1. The molecule has 1 aromatic carbocycles. The molecule has 0 aliphatic carbocycles. The van der Waals surface area contributed by atoms with Crippen LogP contribution in [0.4, 0.5) is 5.69 Å². The van der Waals surface area contributed by atoms with E-state index >= 15 is 0 Å². The van der Waals surface area contributed by atoms with Crippen LogP contribution in [0.5, 0.6) is 0 Å². The smallest absolute Gasteiger partial charge is 0.247 e. The lowest BCUT2D eigenvalue weighted by Gasteiger charge is -2.42. The van der Waals surface area contributed by atoms with Crippen molar-refractivity contribution in [3.8, 4) is 0 Å². The number of hydrogen-bond acceptors (Lipinski definition) is 7. The minimum atomic E-state index is -0.284. The Balaban J connectivity index is 1.21. The number of morpholine rings is 1. The molecule has 0 aromatic heterocycles. The lowest BCUT2D eigenvalue weighted by molar-refractivity contribution is -0.142. The third-order valence-electron chi connectivity index (χ3n) is 7.78. The van der Waals surface area contributed by atoms with Crippen LogP contribution < -0.4 is 10.4 Å². The summed E-state index contributed by atoms with van der Waals surface area (Å²) in [4.78, 5) is 47.7. The Morgan fingerprint density at radius 3 is 2.34 bits per heavy atom. The molecule has 3 unspecified atom stereocenters. The topological polar surface area (TPSA) is 88.7 Å². The number of nitrogens with one attached hydrogen (secondary N) is 1. The van der Waals surface area contributed by atoms with E-state index < -0.39 is 0 Å². The van der Waals surface area contributed by atoms with E-state index in [2.05, 4.69) is 22.1 Å². The number of anilines is 1. The number of nitrogens with zero attached hydrogens (tertiary/aromatic N) is 5. The van der Waals surface area contributed by atoms with E-state index in [4.69, 9.17) is 4.74 Å². The first kappa shape index (κ1) is 24.2. The SMILES string of the molecule is CCN1CC(C(=O)N2CCN(CC(=O)N3CCOCC3)CC2)C2NN(c3ccccc3)C(=O)C2C1. The second kappa shape index (κ2) is 10.6. The lowest BCUT2D eigenvalue weighted by Crippen LogP contribution is -2.60. The number of likely N-dealkylation sites (tertiary alicyclic amines) is 1. The van der Waals surface area contributed by atoms with Gasteiger partial charge in [0.15, 0.2) is 0 Å². The number of carbonyl (C=O) groups is 3. The van der Waals surface area contributed by atoms with Gasteiger partial charge in [0.25, 0.3) is 0 Å². The summed E-state index contributed by atoms with van der Waals surface area (Å²) < 4.78 is 5.34. The van der Waals surface area contributed by atoms with Crippen molar-refractivity contribution in [2.45, 2.75) is 13.0 Å². The molecule has 1 aromatic rings. The fourth-order valence-corrected chi connectivity index (χ4v) is 5.66. The Bertz CT molecular complexity index is 916. The minimum Gasteiger partial charge on any atom is -0.378 e.